The number of aryl methyl sites for hydroxylation is 1. The van der Waals surface area contributed by atoms with Crippen LogP contribution in [-0.2, 0) is 6.42 Å². The summed E-state index contributed by atoms with van der Waals surface area (Å²) in [5.41, 5.74) is 0.0527. The first-order valence-electron chi connectivity index (χ1n) is 6.76. The van der Waals surface area contributed by atoms with E-state index in [0.717, 1.165) is 62.2 Å². The molecule has 5 nitrogen and oxygen atoms in total. The number of nitrogens with zero attached hydrogens (tertiary/aromatic N) is 3. The fourth-order valence-corrected chi connectivity index (χ4v) is 3.08. The first-order chi connectivity index (χ1) is 9.21. The number of aromatic nitrogens is 2. The quantitative estimate of drug-likeness (QED) is 0.917. The van der Waals surface area contributed by atoms with Crippen LogP contribution in [0.1, 0.15) is 60.8 Å². The molecule has 2 rings (SSSR count). The molecule has 1 aliphatic carbocycles. The summed E-state index contributed by atoms with van der Waals surface area (Å²) in [6.45, 7) is 2.04. The molecule has 102 valence electrons. The van der Waals surface area contributed by atoms with Gasteiger partial charge in [0.1, 0.15) is 10.4 Å². The molecule has 1 aliphatic rings. The molecule has 1 N–H and O–H groups in total. The number of amides is 1. The molecule has 0 aliphatic heterocycles. The van der Waals surface area contributed by atoms with Gasteiger partial charge in [0.2, 0.25) is 0 Å². The highest BCUT2D eigenvalue weighted by Crippen LogP contribution is 2.28. The summed E-state index contributed by atoms with van der Waals surface area (Å²) in [5.74, 6) is -0.193. The van der Waals surface area contributed by atoms with Crippen molar-refractivity contribution >= 4 is 17.4 Å². The van der Waals surface area contributed by atoms with Gasteiger partial charge in [-0.3, -0.25) is 4.79 Å². The van der Waals surface area contributed by atoms with Crippen molar-refractivity contribution in [2.75, 3.05) is 0 Å². The van der Waals surface area contributed by atoms with Crippen LogP contribution in [-0.4, -0.2) is 21.0 Å². The largest absolute Gasteiger partial charge is 0.333 e. The first-order valence-corrected chi connectivity index (χ1v) is 7.53. The molecule has 0 unspecified atom stereocenters. The third-order valence-corrected chi connectivity index (χ3v) is 4.29. The van der Waals surface area contributed by atoms with Crippen molar-refractivity contribution in [1.82, 2.24) is 14.9 Å². The van der Waals surface area contributed by atoms with Crippen LogP contribution in [0.4, 0.5) is 0 Å². The average Bonchev–Trinajstić information content (AvgIpc) is 2.88. The fourth-order valence-electron chi connectivity index (χ4n) is 2.48. The summed E-state index contributed by atoms with van der Waals surface area (Å²) >= 11 is 1.11. The highest BCUT2D eigenvalue weighted by atomic mass is 32.1. The van der Waals surface area contributed by atoms with E-state index in [1.165, 1.54) is 0 Å². The Morgan fingerprint density at radius 3 is 2.84 bits per heavy atom. The summed E-state index contributed by atoms with van der Waals surface area (Å²) < 4.78 is 3.85. The van der Waals surface area contributed by atoms with Gasteiger partial charge in [-0.1, -0.05) is 37.1 Å². The van der Waals surface area contributed by atoms with Crippen molar-refractivity contribution in [2.45, 2.75) is 57.4 Å². The monoisotopic (exact) mass is 278 g/mol. The maximum atomic E-state index is 12.3. The number of nitrogens with one attached hydrogen (secondary N) is 1. The molecule has 0 bridgehead atoms. The van der Waals surface area contributed by atoms with Crippen LogP contribution in [0.15, 0.2) is 0 Å². The third kappa shape index (κ3) is 3.10. The Labute approximate surface area is 117 Å². The summed E-state index contributed by atoms with van der Waals surface area (Å²) in [4.78, 5) is 12.9. The van der Waals surface area contributed by atoms with Crippen LogP contribution in [0.2, 0.25) is 0 Å². The van der Waals surface area contributed by atoms with E-state index in [1.807, 2.05) is 6.92 Å². The lowest BCUT2D eigenvalue weighted by Crippen LogP contribution is -2.48. The predicted octanol–water partition coefficient (Wildman–Crippen LogP) is 2.45. The van der Waals surface area contributed by atoms with Gasteiger partial charge in [0.15, 0.2) is 0 Å². The molecule has 1 saturated carbocycles. The Morgan fingerprint density at radius 1 is 1.47 bits per heavy atom. The number of hydrogen-bond donors (Lipinski definition) is 1. The van der Waals surface area contributed by atoms with Gasteiger partial charge in [-0.2, -0.15) is 5.26 Å². The first kappa shape index (κ1) is 13.9. The number of nitriles is 1. The molecule has 0 spiro atoms. The Bertz CT molecular complexity index is 485. The van der Waals surface area contributed by atoms with Gasteiger partial charge >= 0.3 is 0 Å². The van der Waals surface area contributed by atoms with Crippen molar-refractivity contribution in [1.29, 1.82) is 5.26 Å². The topological polar surface area (TPSA) is 78.7 Å². The molecule has 0 saturated heterocycles. The van der Waals surface area contributed by atoms with Crippen molar-refractivity contribution in [3.63, 3.8) is 0 Å². The molecular formula is C13H18N4OS. The number of carbonyl (C=O) groups is 1. The summed E-state index contributed by atoms with van der Waals surface area (Å²) in [6, 6.07) is 2.29. The lowest BCUT2D eigenvalue weighted by Gasteiger charge is -2.31. The van der Waals surface area contributed by atoms with E-state index in [1.54, 1.807) is 0 Å². The van der Waals surface area contributed by atoms with E-state index in [4.69, 9.17) is 0 Å². The van der Waals surface area contributed by atoms with Crippen molar-refractivity contribution in [3.8, 4) is 6.07 Å². The maximum Gasteiger partial charge on any atom is 0.266 e. The molecule has 1 amide bonds. The SMILES string of the molecule is CCCc1nnsc1C(=O)NC1(C#N)CCCCC1. The molecule has 1 fully saturated rings. The molecule has 0 radical (unpaired) electrons. The minimum Gasteiger partial charge on any atom is -0.333 e. The Morgan fingerprint density at radius 2 is 2.21 bits per heavy atom. The zero-order valence-corrected chi connectivity index (χ0v) is 11.9. The van der Waals surface area contributed by atoms with Gasteiger partial charge in [0.25, 0.3) is 5.91 Å². The number of hydrogen-bond acceptors (Lipinski definition) is 5. The van der Waals surface area contributed by atoms with Gasteiger partial charge in [0, 0.05) is 0 Å². The molecule has 0 atom stereocenters. The van der Waals surface area contributed by atoms with Crippen LogP contribution < -0.4 is 5.32 Å². The van der Waals surface area contributed by atoms with Crippen molar-refractivity contribution in [3.05, 3.63) is 10.6 Å². The summed E-state index contributed by atoms with van der Waals surface area (Å²) in [6.07, 6.45) is 6.29. The van der Waals surface area contributed by atoms with Crippen molar-refractivity contribution in [2.24, 2.45) is 0 Å². The van der Waals surface area contributed by atoms with Gasteiger partial charge in [-0.25, -0.2) is 0 Å². The van der Waals surface area contributed by atoms with E-state index in [0.29, 0.717) is 4.88 Å². The maximum absolute atomic E-state index is 12.3. The Hall–Kier alpha value is -1.48. The van der Waals surface area contributed by atoms with E-state index in [2.05, 4.69) is 21.0 Å². The van der Waals surface area contributed by atoms with E-state index >= 15 is 0 Å². The second-order valence-electron chi connectivity index (χ2n) is 5.01. The third-order valence-electron chi connectivity index (χ3n) is 3.52. The fraction of sp³-hybridized carbons (Fsp3) is 0.692. The molecule has 0 aromatic carbocycles. The van der Waals surface area contributed by atoms with Crippen LogP contribution in [0.25, 0.3) is 0 Å². The normalized spacial score (nSPS) is 17.7. The van der Waals surface area contributed by atoms with Gasteiger partial charge in [-0.15, -0.1) is 5.10 Å². The van der Waals surface area contributed by atoms with Crippen LogP contribution in [0.5, 0.6) is 0 Å². The molecule has 1 aromatic heterocycles. The lowest BCUT2D eigenvalue weighted by molar-refractivity contribution is 0.0905. The van der Waals surface area contributed by atoms with Crippen molar-refractivity contribution < 1.29 is 4.79 Å². The zero-order chi connectivity index (χ0) is 13.7. The molecule has 19 heavy (non-hydrogen) atoms. The molecular weight excluding hydrogens is 260 g/mol. The average molecular weight is 278 g/mol. The predicted molar refractivity (Wildman–Crippen MR) is 72.8 cm³/mol. The molecule has 1 aromatic rings. The molecule has 1 heterocycles. The molecule has 6 heteroatoms. The van der Waals surface area contributed by atoms with Crippen LogP contribution in [0, 0.1) is 11.3 Å². The lowest BCUT2D eigenvalue weighted by atomic mass is 9.83. The smallest absolute Gasteiger partial charge is 0.266 e. The summed E-state index contributed by atoms with van der Waals surface area (Å²) in [7, 11) is 0. The second kappa shape index (κ2) is 6.11. The second-order valence-corrected chi connectivity index (χ2v) is 5.76. The van der Waals surface area contributed by atoms with E-state index in [9.17, 15) is 10.1 Å². The van der Waals surface area contributed by atoms with Gasteiger partial charge < -0.3 is 5.32 Å². The Balaban J connectivity index is 2.11. The number of carbonyl (C=O) groups excluding carboxylic acids is 1. The minimum atomic E-state index is -0.692. The number of rotatable bonds is 4. The van der Waals surface area contributed by atoms with Gasteiger partial charge in [0.05, 0.1) is 11.8 Å². The zero-order valence-electron chi connectivity index (χ0n) is 11.1. The minimum absolute atomic E-state index is 0.193. The Kier molecular flexibility index (Phi) is 4.48. The summed E-state index contributed by atoms with van der Waals surface area (Å²) in [5, 5.41) is 16.3. The van der Waals surface area contributed by atoms with E-state index in [-0.39, 0.29) is 5.91 Å². The highest BCUT2D eigenvalue weighted by Gasteiger charge is 2.34. The van der Waals surface area contributed by atoms with Crippen LogP contribution in [0.3, 0.4) is 0 Å². The van der Waals surface area contributed by atoms with Crippen LogP contribution >= 0.6 is 11.5 Å². The highest BCUT2D eigenvalue weighted by molar-refractivity contribution is 7.08. The van der Waals surface area contributed by atoms with E-state index < -0.39 is 5.54 Å². The van der Waals surface area contributed by atoms with Gasteiger partial charge in [-0.05, 0) is 30.8 Å². The standard InChI is InChI=1S/C13H18N4OS/c1-2-6-10-11(19-17-16-10)12(18)15-13(9-14)7-4-3-5-8-13/h2-8H2,1H3,(H,15,18).